The van der Waals surface area contributed by atoms with Crippen LogP contribution in [0.25, 0.3) is 0 Å². The van der Waals surface area contributed by atoms with Gasteiger partial charge < -0.3 is 14.5 Å². The first-order valence-electron chi connectivity index (χ1n) is 9.82. The van der Waals surface area contributed by atoms with Crippen LogP contribution in [0.5, 0.6) is 0 Å². The summed E-state index contributed by atoms with van der Waals surface area (Å²) >= 11 is 0. The van der Waals surface area contributed by atoms with Crippen molar-refractivity contribution >= 4 is 11.8 Å². The van der Waals surface area contributed by atoms with Crippen molar-refractivity contribution in [1.29, 1.82) is 0 Å². The zero-order valence-corrected chi connectivity index (χ0v) is 15.8. The van der Waals surface area contributed by atoms with Crippen LogP contribution in [-0.2, 0) is 4.74 Å². The molecule has 1 amide bonds. The molecular formula is C20H30N4O2. The standard InChI is InChI=1S/C20H30N4O2/c1-21-16-20(26-19(21)25)8-5-9-23(17-20)11-10-22-12-14-24(15-13-22)18-6-3-2-4-7-18/h2-4,6-7H,5,8-17H2,1H3. The summed E-state index contributed by atoms with van der Waals surface area (Å²) in [5, 5.41) is 0. The van der Waals surface area contributed by atoms with E-state index >= 15 is 0 Å². The van der Waals surface area contributed by atoms with Crippen LogP contribution in [0.4, 0.5) is 10.5 Å². The van der Waals surface area contributed by atoms with Crippen LogP contribution >= 0.6 is 0 Å². The summed E-state index contributed by atoms with van der Waals surface area (Å²) in [4.78, 5) is 21.0. The van der Waals surface area contributed by atoms with E-state index in [2.05, 4.69) is 45.0 Å². The first-order chi connectivity index (χ1) is 12.6. The summed E-state index contributed by atoms with van der Waals surface area (Å²) in [5.41, 5.74) is 1.06. The summed E-state index contributed by atoms with van der Waals surface area (Å²) in [6, 6.07) is 10.7. The van der Waals surface area contributed by atoms with Gasteiger partial charge in [-0.15, -0.1) is 0 Å². The predicted octanol–water partition coefficient (Wildman–Crippen LogP) is 1.73. The second kappa shape index (κ2) is 7.45. The molecule has 0 aliphatic carbocycles. The molecule has 0 N–H and O–H groups in total. The van der Waals surface area contributed by atoms with Gasteiger partial charge in [0.05, 0.1) is 6.54 Å². The van der Waals surface area contributed by atoms with Crippen molar-refractivity contribution in [3.05, 3.63) is 30.3 Å². The molecule has 26 heavy (non-hydrogen) atoms. The lowest BCUT2D eigenvalue weighted by Gasteiger charge is -2.40. The van der Waals surface area contributed by atoms with Crippen molar-refractivity contribution in [3.8, 4) is 0 Å². The zero-order valence-electron chi connectivity index (χ0n) is 15.8. The number of amides is 1. The Hall–Kier alpha value is -1.79. The molecule has 142 valence electrons. The number of anilines is 1. The van der Waals surface area contributed by atoms with Gasteiger partial charge in [0.15, 0.2) is 0 Å². The number of ether oxygens (including phenoxy) is 1. The third kappa shape index (κ3) is 3.81. The average molecular weight is 358 g/mol. The molecular weight excluding hydrogens is 328 g/mol. The molecule has 6 nitrogen and oxygen atoms in total. The fourth-order valence-corrected chi connectivity index (χ4v) is 4.54. The van der Waals surface area contributed by atoms with E-state index in [0.29, 0.717) is 0 Å². The minimum absolute atomic E-state index is 0.163. The Labute approximate surface area is 156 Å². The Morgan fingerprint density at radius 2 is 1.69 bits per heavy atom. The van der Waals surface area contributed by atoms with Gasteiger partial charge in [0.1, 0.15) is 5.60 Å². The van der Waals surface area contributed by atoms with Gasteiger partial charge in [-0.1, -0.05) is 18.2 Å². The highest BCUT2D eigenvalue weighted by molar-refractivity contribution is 5.70. The molecule has 1 unspecified atom stereocenters. The fourth-order valence-electron chi connectivity index (χ4n) is 4.54. The maximum atomic E-state index is 11.8. The number of piperidine rings is 1. The number of nitrogens with zero attached hydrogens (tertiary/aromatic N) is 4. The topological polar surface area (TPSA) is 39.3 Å². The molecule has 1 atom stereocenters. The summed E-state index contributed by atoms with van der Waals surface area (Å²) in [6.45, 7) is 9.32. The van der Waals surface area contributed by atoms with Crippen LogP contribution in [-0.4, -0.2) is 92.3 Å². The normalized spacial score (nSPS) is 28.0. The molecule has 3 fully saturated rings. The molecule has 1 aromatic rings. The number of para-hydroxylation sites is 1. The Balaban J connectivity index is 1.23. The van der Waals surface area contributed by atoms with Gasteiger partial charge >= 0.3 is 6.09 Å². The maximum absolute atomic E-state index is 11.8. The van der Waals surface area contributed by atoms with Crippen molar-refractivity contribution < 1.29 is 9.53 Å². The number of hydrogen-bond donors (Lipinski definition) is 0. The molecule has 1 aromatic carbocycles. The van der Waals surface area contributed by atoms with Crippen molar-refractivity contribution in [2.24, 2.45) is 0 Å². The van der Waals surface area contributed by atoms with Crippen LogP contribution in [0.15, 0.2) is 30.3 Å². The number of hydrogen-bond acceptors (Lipinski definition) is 5. The SMILES string of the molecule is CN1CC2(CCCN(CCN3CCN(c4ccccc4)CC3)C2)OC1=O. The minimum Gasteiger partial charge on any atom is -0.440 e. The lowest BCUT2D eigenvalue weighted by molar-refractivity contribution is -0.0111. The number of likely N-dealkylation sites (tertiary alicyclic amines) is 1. The minimum atomic E-state index is -0.268. The van der Waals surface area contributed by atoms with Crippen LogP contribution in [0.3, 0.4) is 0 Å². The highest BCUT2D eigenvalue weighted by atomic mass is 16.6. The molecule has 0 saturated carbocycles. The zero-order chi connectivity index (χ0) is 18.0. The second-order valence-electron chi connectivity index (χ2n) is 7.95. The number of carbonyl (C=O) groups excluding carboxylic acids is 1. The Bertz CT molecular complexity index is 617. The van der Waals surface area contributed by atoms with Gasteiger partial charge in [0, 0.05) is 58.5 Å². The van der Waals surface area contributed by atoms with Crippen LogP contribution in [0.2, 0.25) is 0 Å². The largest absolute Gasteiger partial charge is 0.440 e. The first-order valence-corrected chi connectivity index (χ1v) is 9.82. The highest BCUT2D eigenvalue weighted by Crippen LogP contribution is 2.31. The molecule has 6 heteroatoms. The fraction of sp³-hybridized carbons (Fsp3) is 0.650. The summed E-state index contributed by atoms with van der Waals surface area (Å²) in [6.07, 6.45) is 1.95. The molecule has 3 aliphatic heterocycles. The molecule has 1 spiro atoms. The van der Waals surface area contributed by atoms with E-state index in [1.807, 2.05) is 7.05 Å². The average Bonchev–Trinajstić information content (AvgIpc) is 2.94. The van der Waals surface area contributed by atoms with E-state index in [1.165, 1.54) is 5.69 Å². The van der Waals surface area contributed by atoms with E-state index in [-0.39, 0.29) is 11.7 Å². The molecule has 0 radical (unpaired) electrons. The van der Waals surface area contributed by atoms with Crippen molar-refractivity contribution in [3.63, 3.8) is 0 Å². The smallest absolute Gasteiger partial charge is 0.410 e. The predicted molar refractivity (Wildman–Crippen MR) is 103 cm³/mol. The molecule has 0 bridgehead atoms. The van der Waals surface area contributed by atoms with E-state index in [9.17, 15) is 4.79 Å². The van der Waals surface area contributed by atoms with Crippen LogP contribution < -0.4 is 4.90 Å². The van der Waals surface area contributed by atoms with Crippen LogP contribution in [0, 0.1) is 0 Å². The second-order valence-corrected chi connectivity index (χ2v) is 7.95. The Kier molecular flexibility index (Phi) is 5.05. The summed E-state index contributed by atoms with van der Waals surface area (Å²) in [5.74, 6) is 0. The van der Waals surface area contributed by atoms with E-state index in [4.69, 9.17) is 4.74 Å². The molecule has 4 rings (SSSR count). The van der Waals surface area contributed by atoms with Crippen molar-refractivity contribution in [2.45, 2.75) is 18.4 Å². The quantitative estimate of drug-likeness (QED) is 0.820. The summed E-state index contributed by atoms with van der Waals surface area (Å²) in [7, 11) is 1.84. The number of benzene rings is 1. The monoisotopic (exact) mass is 358 g/mol. The van der Waals surface area contributed by atoms with E-state index < -0.39 is 0 Å². The van der Waals surface area contributed by atoms with Crippen LogP contribution in [0.1, 0.15) is 12.8 Å². The Morgan fingerprint density at radius 1 is 0.962 bits per heavy atom. The third-order valence-corrected chi connectivity index (χ3v) is 5.99. The third-order valence-electron chi connectivity index (χ3n) is 5.99. The molecule has 3 heterocycles. The maximum Gasteiger partial charge on any atom is 0.410 e. The van der Waals surface area contributed by atoms with Gasteiger partial charge in [0.25, 0.3) is 0 Å². The van der Waals surface area contributed by atoms with Gasteiger partial charge in [-0.3, -0.25) is 9.80 Å². The van der Waals surface area contributed by atoms with E-state index in [1.54, 1.807) is 4.90 Å². The number of carbonyl (C=O) groups is 1. The Morgan fingerprint density at radius 3 is 2.38 bits per heavy atom. The van der Waals surface area contributed by atoms with Gasteiger partial charge in [-0.2, -0.15) is 0 Å². The first kappa shape index (κ1) is 17.6. The summed E-state index contributed by atoms with van der Waals surface area (Å²) < 4.78 is 5.71. The molecule has 3 aliphatic rings. The van der Waals surface area contributed by atoms with Gasteiger partial charge in [0.2, 0.25) is 0 Å². The molecule has 0 aromatic heterocycles. The lowest BCUT2D eigenvalue weighted by atomic mass is 9.93. The number of piperazine rings is 1. The number of likely N-dealkylation sites (N-methyl/N-ethyl adjacent to an activating group) is 1. The van der Waals surface area contributed by atoms with Gasteiger partial charge in [-0.05, 0) is 31.5 Å². The van der Waals surface area contributed by atoms with Crippen molar-refractivity contribution in [2.75, 3.05) is 70.9 Å². The van der Waals surface area contributed by atoms with E-state index in [0.717, 1.165) is 71.7 Å². The lowest BCUT2D eigenvalue weighted by Crippen LogP contribution is -2.53. The highest BCUT2D eigenvalue weighted by Gasteiger charge is 2.46. The van der Waals surface area contributed by atoms with Gasteiger partial charge in [-0.25, -0.2) is 4.79 Å². The van der Waals surface area contributed by atoms with Crippen molar-refractivity contribution in [1.82, 2.24) is 14.7 Å². The number of rotatable bonds is 4. The molecule has 3 saturated heterocycles.